The van der Waals surface area contributed by atoms with E-state index in [1.54, 1.807) is 0 Å². The van der Waals surface area contributed by atoms with E-state index < -0.39 is 46.4 Å². The molecule has 104 valence electrons. The second-order valence-electron chi connectivity index (χ2n) is 4.99. The van der Waals surface area contributed by atoms with Gasteiger partial charge in [-0.15, -0.1) is 0 Å². The number of ether oxygens (including phenoxy) is 1. The van der Waals surface area contributed by atoms with E-state index >= 15 is 0 Å². The minimum Gasteiger partial charge on any atom is -0.502 e. The summed E-state index contributed by atoms with van der Waals surface area (Å²) < 4.78 is 10.5. The highest BCUT2D eigenvalue weighted by atomic mass is 16.5. The number of aliphatic hydroxyl groups is 1. The summed E-state index contributed by atoms with van der Waals surface area (Å²) in [6.45, 7) is 0. The Morgan fingerprint density at radius 1 is 1.45 bits per heavy atom. The highest BCUT2D eigenvalue weighted by molar-refractivity contribution is 5.90. The van der Waals surface area contributed by atoms with Crippen LogP contribution in [-0.4, -0.2) is 28.2 Å². The Bertz CT molecular complexity index is 674. The molecule has 2 saturated heterocycles. The minimum atomic E-state index is -2.23. The first-order chi connectivity index (χ1) is 9.48. The number of rotatable bonds is 1. The first kappa shape index (κ1) is 12.8. The van der Waals surface area contributed by atoms with Gasteiger partial charge in [0.25, 0.3) is 0 Å². The lowest BCUT2D eigenvalue weighted by atomic mass is 9.85. The Kier molecular flexibility index (Phi) is 2.67. The Labute approximate surface area is 113 Å². The van der Waals surface area contributed by atoms with E-state index in [1.165, 1.54) is 0 Å². The van der Waals surface area contributed by atoms with Crippen LogP contribution in [0.4, 0.5) is 0 Å². The molecule has 0 saturated carbocycles. The van der Waals surface area contributed by atoms with Crippen LogP contribution in [0.3, 0.4) is 0 Å². The summed E-state index contributed by atoms with van der Waals surface area (Å²) in [6, 6.07) is 3.01. The van der Waals surface area contributed by atoms with Gasteiger partial charge in [-0.1, -0.05) is 0 Å². The van der Waals surface area contributed by atoms with E-state index in [4.69, 9.17) is 14.4 Å². The number of nitriles is 1. The first-order valence-electron chi connectivity index (χ1n) is 6.10. The van der Waals surface area contributed by atoms with Crippen molar-refractivity contribution in [3.63, 3.8) is 0 Å². The highest BCUT2D eigenvalue weighted by Gasteiger charge is 2.60. The first-order valence-corrected chi connectivity index (χ1v) is 6.10. The van der Waals surface area contributed by atoms with Gasteiger partial charge in [-0.05, 0) is 6.42 Å². The number of carbonyl (C=O) groups excluding carboxylic acids is 1. The molecule has 0 aromatic carbocycles. The van der Waals surface area contributed by atoms with E-state index in [2.05, 4.69) is 0 Å². The zero-order valence-electron chi connectivity index (χ0n) is 10.3. The van der Waals surface area contributed by atoms with Gasteiger partial charge in [0.2, 0.25) is 16.8 Å². The van der Waals surface area contributed by atoms with Gasteiger partial charge in [0.05, 0.1) is 24.4 Å². The number of Topliss-reactive ketones (excluding diaryl/α,β-unsaturated/α-hetero) is 1. The molecule has 4 atom stereocenters. The van der Waals surface area contributed by atoms with Gasteiger partial charge in [0.1, 0.15) is 6.10 Å². The Hall–Kier alpha value is -2.17. The van der Waals surface area contributed by atoms with Crippen LogP contribution in [0.2, 0.25) is 0 Å². The van der Waals surface area contributed by atoms with Crippen molar-refractivity contribution >= 4 is 5.78 Å². The number of fused-ring (bicyclic) bond motifs is 2. The third kappa shape index (κ3) is 1.52. The van der Waals surface area contributed by atoms with Crippen molar-refractivity contribution in [3.05, 3.63) is 28.3 Å². The quantitative estimate of drug-likeness (QED) is 0.729. The molecule has 20 heavy (non-hydrogen) atoms. The number of hydrogen-bond donors (Lipinski definition) is 2. The lowest BCUT2D eigenvalue weighted by Gasteiger charge is -2.35. The van der Waals surface area contributed by atoms with E-state index in [0.717, 1.165) is 12.3 Å². The SMILES string of the molecule is N#C[C@H]1C[C@@H]2O[C@H]1CC(=O)[C@@]2(O)c1occc(=O)c1O. The van der Waals surface area contributed by atoms with Crippen molar-refractivity contribution in [2.45, 2.75) is 30.7 Å². The number of nitrogens with zero attached hydrogens (tertiary/aromatic N) is 1. The Balaban J connectivity index is 2.12. The number of aromatic hydroxyl groups is 1. The molecule has 1 aromatic rings. The second-order valence-corrected chi connectivity index (χ2v) is 4.99. The second kappa shape index (κ2) is 4.16. The summed E-state index contributed by atoms with van der Waals surface area (Å²) in [5.41, 5.74) is -2.99. The van der Waals surface area contributed by atoms with Gasteiger partial charge in [-0.3, -0.25) is 9.59 Å². The molecule has 0 aliphatic carbocycles. The Morgan fingerprint density at radius 3 is 2.90 bits per heavy atom. The van der Waals surface area contributed by atoms with Crippen LogP contribution in [0.25, 0.3) is 0 Å². The van der Waals surface area contributed by atoms with Gasteiger partial charge in [0, 0.05) is 12.5 Å². The summed E-state index contributed by atoms with van der Waals surface area (Å²) >= 11 is 0. The van der Waals surface area contributed by atoms with Crippen LogP contribution in [0.5, 0.6) is 5.75 Å². The molecule has 0 amide bonds. The lowest BCUT2D eigenvalue weighted by molar-refractivity contribution is -0.178. The van der Waals surface area contributed by atoms with E-state index in [9.17, 15) is 19.8 Å². The van der Waals surface area contributed by atoms with Crippen LogP contribution in [0.1, 0.15) is 18.6 Å². The maximum Gasteiger partial charge on any atom is 0.226 e. The molecular formula is C13H11NO6. The molecule has 2 bridgehead atoms. The van der Waals surface area contributed by atoms with Crippen LogP contribution in [-0.2, 0) is 15.1 Å². The molecule has 2 aliphatic rings. The normalized spacial score (nSPS) is 35.8. The van der Waals surface area contributed by atoms with Gasteiger partial charge >= 0.3 is 0 Å². The summed E-state index contributed by atoms with van der Waals surface area (Å²) in [6.07, 6.45) is -0.596. The van der Waals surface area contributed by atoms with Crippen molar-refractivity contribution in [3.8, 4) is 11.8 Å². The van der Waals surface area contributed by atoms with Crippen LogP contribution in [0.15, 0.2) is 21.5 Å². The average molecular weight is 277 g/mol. The van der Waals surface area contributed by atoms with Crippen molar-refractivity contribution in [2.24, 2.45) is 5.92 Å². The minimum absolute atomic E-state index is 0.140. The molecule has 0 unspecified atom stereocenters. The summed E-state index contributed by atoms with van der Waals surface area (Å²) in [4.78, 5) is 23.6. The summed E-state index contributed by atoms with van der Waals surface area (Å²) in [5.74, 6) is -2.46. The topological polar surface area (TPSA) is 121 Å². The van der Waals surface area contributed by atoms with Crippen LogP contribution < -0.4 is 5.43 Å². The predicted octanol–water partition coefficient (Wildman–Crippen LogP) is -0.197. The average Bonchev–Trinajstić information content (AvgIpc) is 2.79. The molecule has 0 spiro atoms. The molecule has 0 radical (unpaired) electrons. The van der Waals surface area contributed by atoms with E-state index in [1.807, 2.05) is 6.07 Å². The molecule has 7 nitrogen and oxygen atoms in total. The van der Waals surface area contributed by atoms with Crippen LogP contribution in [0, 0.1) is 17.2 Å². The van der Waals surface area contributed by atoms with Crippen molar-refractivity contribution in [1.29, 1.82) is 5.26 Å². The van der Waals surface area contributed by atoms with E-state index in [-0.39, 0.29) is 12.8 Å². The van der Waals surface area contributed by atoms with E-state index in [0.29, 0.717) is 0 Å². The number of carbonyl (C=O) groups is 1. The molecule has 7 heteroatoms. The van der Waals surface area contributed by atoms with Crippen molar-refractivity contribution in [1.82, 2.24) is 0 Å². The largest absolute Gasteiger partial charge is 0.502 e. The van der Waals surface area contributed by atoms with Crippen molar-refractivity contribution < 1.29 is 24.2 Å². The molecule has 2 fully saturated rings. The zero-order chi connectivity index (χ0) is 14.5. The fourth-order valence-corrected chi connectivity index (χ4v) is 2.81. The highest BCUT2D eigenvalue weighted by Crippen LogP contribution is 2.46. The number of ketones is 1. The number of hydrogen-bond acceptors (Lipinski definition) is 7. The third-order valence-corrected chi connectivity index (χ3v) is 3.90. The fourth-order valence-electron chi connectivity index (χ4n) is 2.81. The maximum atomic E-state index is 12.2. The smallest absolute Gasteiger partial charge is 0.226 e. The van der Waals surface area contributed by atoms with Gasteiger partial charge in [0.15, 0.2) is 11.5 Å². The molecule has 2 aliphatic heterocycles. The van der Waals surface area contributed by atoms with Crippen molar-refractivity contribution in [2.75, 3.05) is 0 Å². The predicted molar refractivity (Wildman–Crippen MR) is 62.5 cm³/mol. The molecule has 1 aromatic heterocycles. The standard InChI is InChI=1S/C13H11NO6/c14-5-6-3-10-13(18,9(16)4-8(6)20-10)12-11(17)7(15)1-2-19-12/h1-2,6,8,10,17-18H,3-4H2/t6-,8+,10+,13+/m1/s1. The summed E-state index contributed by atoms with van der Waals surface area (Å²) in [7, 11) is 0. The van der Waals surface area contributed by atoms with Gasteiger partial charge in [-0.2, -0.15) is 5.26 Å². The molecular weight excluding hydrogens is 266 g/mol. The van der Waals surface area contributed by atoms with Gasteiger partial charge in [-0.25, -0.2) is 0 Å². The zero-order valence-corrected chi connectivity index (χ0v) is 10.3. The molecule has 3 heterocycles. The fraction of sp³-hybridized carbons (Fsp3) is 0.462. The summed E-state index contributed by atoms with van der Waals surface area (Å²) in [5, 5.41) is 29.4. The maximum absolute atomic E-state index is 12.2. The molecule has 3 rings (SSSR count). The third-order valence-electron chi connectivity index (χ3n) is 3.90. The monoisotopic (exact) mass is 277 g/mol. The van der Waals surface area contributed by atoms with Gasteiger partial charge < -0.3 is 19.4 Å². The Morgan fingerprint density at radius 2 is 2.20 bits per heavy atom. The lowest BCUT2D eigenvalue weighted by Crippen LogP contribution is -2.51. The molecule has 2 N–H and O–H groups in total. The van der Waals surface area contributed by atoms with Crippen LogP contribution >= 0.6 is 0 Å².